The van der Waals surface area contributed by atoms with Crippen LogP contribution >= 0.6 is 35.6 Å². The Kier molecular flexibility index (Phi) is 7.75. The van der Waals surface area contributed by atoms with E-state index in [0.717, 1.165) is 18.4 Å². The lowest BCUT2D eigenvalue weighted by molar-refractivity contribution is -0.121. The summed E-state index contributed by atoms with van der Waals surface area (Å²) < 4.78 is 0. The van der Waals surface area contributed by atoms with Crippen molar-refractivity contribution in [3.63, 3.8) is 0 Å². The Balaban J connectivity index is 0.00000324. The molecule has 1 aromatic rings. The predicted molar refractivity (Wildman–Crippen MR) is 83.2 cm³/mol. The van der Waals surface area contributed by atoms with Crippen LogP contribution in [0.5, 0.6) is 0 Å². The summed E-state index contributed by atoms with van der Waals surface area (Å²) in [6, 6.07) is 5.43. The molecule has 3 N–H and O–H groups in total. The third kappa shape index (κ3) is 4.25. The van der Waals surface area contributed by atoms with Crippen LogP contribution in [0.3, 0.4) is 0 Å². The Bertz CT molecular complexity index is 434. The van der Waals surface area contributed by atoms with Crippen LogP contribution in [-0.4, -0.2) is 12.5 Å². The third-order valence-corrected chi connectivity index (χ3v) is 3.98. The molecule has 0 heterocycles. The Hall–Kier alpha value is -0.480. The largest absolute Gasteiger partial charge is 0.346 e. The van der Waals surface area contributed by atoms with Crippen molar-refractivity contribution < 1.29 is 4.79 Å². The Morgan fingerprint density at radius 3 is 2.26 bits per heavy atom. The smallest absolute Gasteiger partial charge is 0.234 e. The quantitative estimate of drug-likeness (QED) is 0.870. The average molecular weight is 326 g/mol. The van der Waals surface area contributed by atoms with Crippen molar-refractivity contribution in [1.29, 1.82) is 0 Å². The van der Waals surface area contributed by atoms with Gasteiger partial charge in [-0.3, -0.25) is 4.79 Å². The van der Waals surface area contributed by atoms with E-state index in [1.54, 1.807) is 12.1 Å². The van der Waals surface area contributed by atoms with Crippen LogP contribution in [0, 0.1) is 0 Å². The van der Waals surface area contributed by atoms with E-state index >= 15 is 0 Å². The van der Waals surface area contributed by atoms with Crippen LogP contribution in [0.4, 0.5) is 0 Å². The van der Waals surface area contributed by atoms with Crippen molar-refractivity contribution in [2.75, 3.05) is 6.54 Å². The van der Waals surface area contributed by atoms with Crippen LogP contribution in [0.25, 0.3) is 0 Å². The summed E-state index contributed by atoms with van der Waals surface area (Å²) in [5.74, 6) is -0.176. The van der Waals surface area contributed by atoms with Gasteiger partial charge in [0.1, 0.15) is 0 Å². The van der Waals surface area contributed by atoms with Crippen molar-refractivity contribution >= 4 is 41.5 Å². The molecule has 1 aromatic carbocycles. The van der Waals surface area contributed by atoms with Crippen LogP contribution < -0.4 is 11.1 Å². The van der Waals surface area contributed by atoms with E-state index in [9.17, 15) is 4.79 Å². The molecule has 0 aliphatic heterocycles. The molecule has 0 bridgehead atoms. The van der Waals surface area contributed by atoms with Gasteiger partial charge in [0.2, 0.25) is 5.91 Å². The molecular weight excluding hydrogens is 307 g/mol. The van der Waals surface area contributed by atoms with Crippen molar-refractivity contribution in [3.05, 3.63) is 33.8 Å². The first-order valence-corrected chi connectivity index (χ1v) is 6.71. The molecule has 0 fully saturated rings. The van der Waals surface area contributed by atoms with Gasteiger partial charge in [0.25, 0.3) is 0 Å². The number of benzene rings is 1. The molecular formula is C13H19Cl3N2O. The topological polar surface area (TPSA) is 55.1 Å². The maximum Gasteiger partial charge on any atom is 0.234 e. The zero-order chi connectivity index (χ0) is 13.8. The fourth-order valence-corrected chi connectivity index (χ4v) is 2.32. The predicted octanol–water partition coefficient (Wildman–Crippen LogP) is 3.51. The first kappa shape index (κ1) is 18.5. The molecule has 0 aromatic heterocycles. The van der Waals surface area contributed by atoms with E-state index in [-0.39, 0.29) is 24.9 Å². The zero-order valence-corrected chi connectivity index (χ0v) is 13.3. The highest BCUT2D eigenvalue weighted by atomic mass is 35.5. The van der Waals surface area contributed by atoms with Gasteiger partial charge in [-0.1, -0.05) is 43.1 Å². The number of hydrogen-bond acceptors (Lipinski definition) is 2. The van der Waals surface area contributed by atoms with Gasteiger partial charge in [-0.25, -0.2) is 0 Å². The standard InChI is InChI=1S/C13H18Cl2N2O.ClH/c1-3-13(4-2,17-12(18)8-16)9-5-6-10(14)11(15)7-9;/h5-7H,3-4,8,16H2,1-2H3,(H,17,18);1H. The zero-order valence-electron chi connectivity index (χ0n) is 11.0. The summed E-state index contributed by atoms with van der Waals surface area (Å²) in [6.45, 7) is 4.01. The number of halogens is 3. The molecule has 1 rings (SSSR count). The first-order chi connectivity index (χ1) is 8.49. The maximum absolute atomic E-state index is 11.6. The van der Waals surface area contributed by atoms with Crippen LogP contribution in [0.15, 0.2) is 18.2 Å². The highest BCUT2D eigenvalue weighted by Crippen LogP contribution is 2.33. The van der Waals surface area contributed by atoms with E-state index in [0.29, 0.717) is 10.0 Å². The molecule has 0 atom stereocenters. The summed E-state index contributed by atoms with van der Waals surface area (Å²) in [4.78, 5) is 11.6. The summed E-state index contributed by atoms with van der Waals surface area (Å²) in [5, 5.41) is 3.97. The van der Waals surface area contributed by atoms with E-state index in [2.05, 4.69) is 5.32 Å². The van der Waals surface area contributed by atoms with Gasteiger partial charge < -0.3 is 11.1 Å². The molecule has 108 valence electrons. The van der Waals surface area contributed by atoms with Gasteiger partial charge in [-0.15, -0.1) is 12.4 Å². The SMILES string of the molecule is CCC(CC)(NC(=O)CN)c1ccc(Cl)c(Cl)c1.Cl. The minimum absolute atomic E-state index is 0. The molecule has 0 saturated heterocycles. The first-order valence-electron chi connectivity index (χ1n) is 5.95. The molecule has 3 nitrogen and oxygen atoms in total. The second-order valence-electron chi connectivity index (χ2n) is 4.17. The van der Waals surface area contributed by atoms with Crippen molar-refractivity contribution in [1.82, 2.24) is 5.32 Å². The molecule has 0 aliphatic carbocycles. The third-order valence-electron chi connectivity index (χ3n) is 3.24. The normalized spacial score (nSPS) is 10.8. The monoisotopic (exact) mass is 324 g/mol. The lowest BCUT2D eigenvalue weighted by Gasteiger charge is -2.33. The molecule has 0 spiro atoms. The number of carbonyl (C=O) groups excluding carboxylic acids is 1. The minimum Gasteiger partial charge on any atom is -0.346 e. The van der Waals surface area contributed by atoms with E-state index in [1.165, 1.54) is 0 Å². The van der Waals surface area contributed by atoms with E-state index < -0.39 is 5.54 Å². The van der Waals surface area contributed by atoms with Gasteiger partial charge >= 0.3 is 0 Å². The number of nitrogens with two attached hydrogens (primary N) is 1. The van der Waals surface area contributed by atoms with Crippen LogP contribution in [0.1, 0.15) is 32.3 Å². The van der Waals surface area contributed by atoms with E-state index in [1.807, 2.05) is 19.9 Å². The molecule has 0 unspecified atom stereocenters. The lowest BCUT2D eigenvalue weighted by atomic mass is 9.84. The van der Waals surface area contributed by atoms with Gasteiger partial charge in [0, 0.05) is 0 Å². The highest BCUT2D eigenvalue weighted by Gasteiger charge is 2.30. The van der Waals surface area contributed by atoms with E-state index in [4.69, 9.17) is 28.9 Å². The Morgan fingerprint density at radius 1 is 1.26 bits per heavy atom. The highest BCUT2D eigenvalue weighted by molar-refractivity contribution is 6.42. The second kappa shape index (κ2) is 7.95. The number of hydrogen-bond donors (Lipinski definition) is 2. The summed E-state index contributed by atoms with van der Waals surface area (Å²) in [7, 11) is 0. The summed E-state index contributed by atoms with van der Waals surface area (Å²) in [5.41, 5.74) is 5.87. The number of amides is 1. The molecule has 1 amide bonds. The molecule has 0 radical (unpaired) electrons. The fourth-order valence-electron chi connectivity index (χ4n) is 2.02. The van der Waals surface area contributed by atoms with Crippen LogP contribution in [0.2, 0.25) is 10.0 Å². The van der Waals surface area contributed by atoms with Crippen molar-refractivity contribution in [2.24, 2.45) is 5.73 Å². The average Bonchev–Trinajstić information content (AvgIpc) is 2.39. The molecule has 19 heavy (non-hydrogen) atoms. The number of rotatable bonds is 5. The summed E-state index contributed by atoms with van der Waals surface area (Å²) >= 11 is 11.9. The van der Waals surface area contributed by atoms with Gasteiger partial charge in [0.15, 0.2) is 0 Å². The second-order valence-corrected chi connectivity index (χ2v) is 4.98. The fraction of sp³-hybridized carbons (Fsp3) is 0.462. The lowest BCUT2D eigenvalue weighted by Crippen LogP contribution is -2.47. The molecule has 0 saturated carbocycles. The summed E-state index contributed by atoms with van der Waals surface area (Å²) in [6.07, 6.45) is 1.51. The van der Waals surface area contributed by atoms with Gasteiger partial charge in [0.05, 0.1) is 22.1 Å². The Labute approximate surface area is 130 Å². The van der Waals surface area contributed by atoms with Gasteiger partial charge in [-0.2, -0.15) is 0 Å². The molecule has 6 heteroatoms. The molecule has 0 aliphatic rings. The Morgan fingerprint density at radius 2 is 1.84 bits per heavy atom. The maximum atomic E-state index is 11.6. The van der Waals surface area contributed by atoms with Crippen LogP contribution in [-0.2, 0) is 10.3 Å². The minimum atomic E-state index is -0.440. The number of nitrogens with one attached hydrogen (secondary N) is 1. The van der Waals surface area contributed by atoms with Crippen molar-refractivity contribution in [3.8, 4) is 0 Å². The van der Waals surface area contributed by atoms with Crippen molar-refractivity contribution in [2.45, 2.75) is 32.2 Å². The van der Waals surface area contributed by atoms with Gasteiger partial charge in [-0.05, 0) is 30.5 Å². The number of carbonyl (C=O) groups is 1.